The van der Waals surface area contributed by atoms with Crippen LogP contribution in [-0.2, 0) is 6.42 Å². The molecular weight excluding hydrogens is 210 g/mol. The lowest BCUT2D eigenvalue weighted by Crippen LogP contribution is -2.10. The number of hydrogen-bond acceptors (Lipinski definition) is 1. The maximum absolute atomic E-state index is 9.84. The van der Waals surface area contributed by atoms with Gasteiger partial charge in [0.05, 0.1) is 10.6 Å². The zero-order chi connectivity index (χ0) is 10.5. The van der Waals surface area contributed by atoms with E-state index in [1.54, 1.807) is 0 Å². The van der Waals surface area contributed by atoms with E-state index in [0.29, 0.717) is 6.42 Å². The molecule has 0 atom stereocenters. The minimum atomic E-state index is -0.455. The maximum Gasteiger partial charge on any atom is 0.0690 e. The minimum Gasteiger partial charge on any atom is -0.390 e. The fourth-order valence-corrected chi connectivity index (χ4v) is 2.29. The summed E-state index contributed by atoms with van der Waals surface area (Å²) in [5.74, 6) is 0. The van der Waals surface area contributed by atoms with Crippen molar-refractivity contribution in [3.05, 3.63) is 35.0 Å². The minimum absolute atomic E-state index is 0.455. The molecule has 1 heterocycles. The van der Waals surface area contributed by atoms with E-state index in [1.165, 1.54) is 0 Å². The first-order valence-corrected chi connectivity index (χ1v) is 5.52. The van der Waals surface area contributed by atoms with Crippen molar-refractivity contribution in [1.29, 1.82) is 0 Å². The van der Waals surface area contributed by atoms with Crippen LogP contribution in [0.25, 0.3) is 10.9 Å². The molecule has 1 aromatic carbocycles. The lowest BCUT2D eigenvalue weighted by molar-refractivity contribution is 0.151. The summed E-state index contributed by atoms with van der Waals surface area (Å²) in [7, 11) is 0. The van der Waals surface area contributed by atoms with E-state index in [9.17, 15) is 5.11 Å². The van der Waals surface area contributed by atoms with E-state index < -0.39 is 5.60 Å². The van der Waals surface area contributed by atoms with Crippen LogP contribution in [0.3, 0.4) is 0 Å². The Bertz CT molecular complexity index is 513. The predicted octanol–water partition coefficient (Wildman–Crippen LogP) is 2.89. The lowest BCUT2D eigenvalue weighted by atomic mass is 10.1. The van der Waals surface area contributed by atoms with Crippen molar-refractivity contribution in [2.45, 2.75) is 24.9 Å². The van der Waals surface area contributed by atoms with E-state index in [2.05, 4.69) is 11.1 Å². The van der Waals surface area contributed by atoms with Gasteiger partial charge in [-0.15, -0.1) is 0 Å². The maximum atomic E-state index is 9.84. The van der Waals surface area contributed by atoms with Crippen molar-refractivity contribution in [2.24, 2.45) is 0 Å². The highest BCUT2D eigenvalue weighted by atomic mass is 35.5. The SMILES string of the molecule is OC1(Cc2cc(Cl)c3cc[nH]c3c2)CC1. The Morgan fingerprint density at radius 1 is 1.40 bits per heavy atom. The van der Waals surface area contributed by atoms with Crippen LogP contribution >= 0.6 is 11.6 Å². The summed E-state index contributed by atoms with van der Waals surface area (Å²) in [6.07, 6.45) is 4.41. The first kappa shape index (κ1) is 9.25. The van der Waals surface area contributed by atoms with Crippen LogP contribution in [0.5, 0.6) is 0 Å². The Kier molecular flexibility index (Phi) is 1.85. The Morgan fingerprint density at radius 3 is 2.93 bits per heavy atom. The third-order valence-electron chi connectivity index (χ3n) is 3.04. The van der Waals surface area contributed by atoms with Crippen molar-refractivity contribution < 1.29 is 5.11 Å². The van der Waals surface area contributed by atoms with Crippen LogP contribution in [0.1, 0.15) is 18.4 Å². The Morgan fingerprint density at radius 2 is 2.20 bits per heavy atom. The normalized spacial score (nSPS) is 18.3. The van der Waals surface area contributed by atoms with E-state index >= 15 is 0 Å². The van der Waals surface area contributed by atoms with Gasteiger partial charge in [0.1, 0.15) is 0 Å². The smallest absolute Gasteiger partial charge is 0.0690 e. The van der Waals surface area contributed by atoms with Crippen LogP contribution < -0.4 is 0 Å². The van der Waals surface area contributed by atoms with Crippen LogP contribution in [0.4, 0.5) is 0 Å². The van der Waals surface area contributed by atoms with Gasteiger partial charge < -0.3 is 10.1 Å². The number of aliphatic hydroxyl groups is 1. The molecule has 1 saturated carbocycles. The topological polar surface area (TPSA) is 36.0 Å². The van der Waals surface area contributed by atoms with Gasteiger partial charge in [0, 0.05) is 23.5 Å². The average molecular weight is 222 g/mol. The molecular formula is C12H12ClNO. The molecule has 1 aliphatic rings. The van der Waals surface area contributed by atoms with E-state index in [4.69, 9.17) is 11.6 Å². The molecule has 0 radical (unpaired) electrons. The fraction of sp³-hybridized carbons (Fsp3) is 0.333. The summed E-state index contributed by atoms with van der Waals surface area (Å²) in [5, 5.41) is 11.6. The first-order chi connectivity index (χ1) is 7.16. The van der Waals surface area contributed by atoms with Crippen molar-refractivity contribution in [3.63, 3.8) is 0 Å². The van der Waals surface area contributed by atoms with Crippen LogP contribution in [-0.4, -0.2) is 15.7 Å². The molecule has 0 saturated heterocycles. The Labute approximate surface area is 92.9 Å². The van der Waals surface area contributed by atoms with Crippen molar-refractivity contribution in [1.82, 2.24) is 4.98 Å². The first-order valence-electron chi connectivity index (χ1n) is 5.14. The number of hydrogen-bond donors (Lipinski definition) is 2. The van der Waals surface area contributed by atoms with Crippen LogP contribution in [0, 0.1) is 0 Å². The number of nitrogens with one attached hydrogen (secondary N) is 1. The number of H-pyrrole nitrogens is 1. The van der Waals surface area contributed by atoms with Gasteiger partial charge in [0.15, 0.2) is 0 Å². The molecule has 2 aromatic rings. The zero-order valence-corrected chi connectivity index (χ0v) is 9.01. The van der Waals surface area contributed by atoms with Gasteiger partial charge in [-0.25, -0.2) is 0 Å². The number of rotatable bonds is 2. The number of aromatic nitrogens is 1. The molecule has 0 aliphatic heterocycles. The van der Waals surface area contributed by atoms with Crippen molar-refractivity contribution >= 4 is 22.5 Å². The summed E-state index contributed by atoms with van der Waals surface area (Å²) in [6, 6.07) is 5.98. The molecule has 3 rings (SSSR count). The second-order valence-corrected chi connectivity index (χ2v) is 4.82. The van der Waals surface area contributed by atoms with Gasteiger partial charge in [-0.05, 0) is 36.6 Å². The number of benzene rings is 1. The summed E-state index contributed by atoms with van der Waals surface area (Å²) in [5.41, 5.74) is 1.69. The van der Waals surface area contributed by atoms with Gasteiger partial charge in [0.25, 0.3) is 0 Å². The monoisotopic (exact) mass is 221 g/mol. The highest BCUT2D eigenvalue weighted by Gasteiger charge is 2.40. The molecule has 1 fully saturated rings. The summed E-state index contributed by atoms with van der Waals surface area (Å²) in [6.45, 7) is 0. The lowest BCUT2D eigenvalue weighted by Gasteiger charge is -2.08. The molecule has 0 unspecified atom stereocenters. The molecule has 1 aliphatic carbocycles. The number of halogens is 1. The highest BCUT2D eigenvalue weighted by molar-refractivity contribution is 6.35. The average Bonchev–Trinajstić information content (AvgIpc) is 2.73. The predicted molar refractivity (Wildman–Crippen MR) is 61.2 cm³/mol. The third kappa shape index (κ3) is 1.64. The summed E-state index contributed by atoms with van der Waals surface area (Å²) in [4.78, 5) is 3.14. The van der Waals surface area contributed by atoms with Gasteiger partial charge >= 0.3 is 0 Å². The van der Waals surface area contributed by atoms with Gasteiger partial charge in [0.2, 0.25) is 0 Å². The number of aromatic amines is 1. The molecule has 78 valence electrons. The molecule has 3 heteroatoms. The standard InChI is InChI=1S/C12H12ClNO/c13-10-5-8(7-12(15)2-3-12)6-11-9(10)1-4-14-11/h1,4-6,14-15H,2-3,7H2. The van der Waals surface area contributed by atoms with Crippen molar-refractivity contribution in [2.75, 3.05) is 0 Å². The molecule has 2 nitrogen and oxygen atoms in total. The molecule has 0 spiro atoms. The second kappa shape index (κ2) is 3.00. The van der Waals surface area contributed by atoms with Gasteiger partial charge in [-0.3, -0.25) is 0 Å². The van der Waals surface area contributed by atoms with Crippen LogP contribution in [0.2, 0.25) is 5.02 Å². The fourth-order valence-electron chi connectivity index (χ4n) is 1.98. The second-order valence-electron chi connectivity index (χ2n) is 4.42. The highest BCUT2D eigenvalue weighted by Crippen LogP contribution is 2.39. The van der Waals surface area contributed by atoms with Gasteiger partial charge in [-0.1, -0.05) is 11.6 Å². The van der Waals surface area contributed by atoms with Crippen LogP contribution in [0.15, 0.2) is 24.4 Å². The Hall–Kier alpha value is -0.990. The molecule has 0 bridgehead atoms. The Balaban J connectivity index is 2.04. The molecule has 15 heavy (non-hydrogen) atoms. The van der Waals surface area contributed by atoms with Crippen molar-refractivity contribution in [3.8, 4) is 0 Å². The molecule has 1 aromatic heterocycles. The third-order valence-corrected chi connectivity index (χ3v) is 3.35. The summed E-state index contributed by atoms with van der Waals surface area (Å²) >= 11 is 6.15. The van der Waals surface area contributed by atoms with E-state index in [1.807, 2.05) is 18.3 Å². The number of fused-ring (bicyclic) bond motifs is 1. The summed E-state index contributed by atoms with van der Waals surface area (Å²) < 4.78 is 0. The molecule has 0 amide bonds. The zero-order valence-electron chi connectivity index (χ0n) is 8.26. The quantitative estimate of drug-likeness (QED) is 0.804. The van der Waals surface area contributed by atoms with E-state index in [0.717, 1.165) is 34.3 Å². The molecule has 2 N–H and O–H groups in total. The largest absolute Gasteiger partial charge is 0.390 e. The van der Waals surface area contributed by atoms with Gasteiger partial charge in [-0.2, -0.15) is 0 Å². The van der Waals surface area contributed by atoms with E-state index in [-0.39, 0.29) is 0 Å².